The van der Waals surface area contributed by atoms with E-state index in [9.17, 15) is 5.26 Å². The summed E-state index contributed by atoms with van der Waals surface area (Å²) in [4.78, 5) is 6.52. The highest BCUT2D eigenvalue weighted by Gasteiger charge is 2.37. The Kier molecular flexibility index (Phi) is 5.58. The lowest BCUT2D eigenvalue weighted by atomic mass is 9.82. The number of ether oxygens (including phenoxy) is 2. The van der Waals surface area contributed by atoms with Crippen molar-refractivity contribution >= 4 is 5.57 Å². The predicted molar refractivity (Wildman–Crippen MR) is 134 cm³/mol. The Balaban J connectivity index is 1.41. The highest BCUT2D eigenvalue weighted by atomic mass is 16.5. The summed E-state index contributed by atoms with van der Waals surface area (Å²) in [5.74, 6) is 0.328. The van der Waals surface area contributed by atoms with Crippen LogP contribution in [0.3, 0.4) is 0 Å². The summed E-state index contributed by atoms with van der Waals surface area (Å²) < 4.78 is 15.1. The lowest BCUT2D eigenvalue weighted by Gasteiger charge is -2.32. The van der Waals surface area contributed by atoms with Gasteiger partial charge in [-0.25, -0.2) is 9.67 Å². The van der Waals surface area contributed by atoms with Crippen molar-refractivity contribution in [3.8, 4) is 17.6 Å². The summed E-state index contributed by atoms with van der Waals surface area (Å²) in [6.07, 6.45) is 11.5. The third kappa shape index (κ3) is 3.76. The van der Waals surface area contributed by atoms with E-state index in [2.05, 4.69) is 28.1 Å². The maximum Gasteiger partial charge on any atom is 0.224 e. The van der Waals surface area contributed by atoms with Gasteiger partial charge in [-0.15, -0.1) is 0 Å². The number of nitriles is 1. The normalized spacial score (nSPS) is 19.8. The van der Waals surface area contributed by atoms with E-state index in [1.54, 1.807) is 17.2 Å². The van der Waals surface area contributed by atoms with E-state index in [0.29, 0.717) is 11.5 Å². The van der Waals surface area contributed by atoms with Crippen LogP contribution in [0.25, 0.3) is 11.3 Å². The number of hydrogen-bond acceptors (Lipinski definition) is 7. The molecule has 1 fully saturated rings. The fourth-order valence-corrected chi connectivity index (χ4v) is 5.23. The van der Waals surface area contributed by atoms with E-state index >= 15 is 0 Å². The van der Waals surface area contributed by atoms with E-state index in [1.165, 1.54) is 5.70 Å². The van der Waals surface area contributed by atoms with Gasteiger partial charge < -0.3 is 24.7 Å². The van der Waals surface area contributed by atoms with Crippen molar-refractivity contribution in [1.82, 2.24) is 24.2 Å². The van der Waals surface area contributed by atoms with Crippen LogP contribution in [-0.4, -0.2) is 50.5 Å². The number of aromatic nitrogens is 4. The fourth-order valence-electron chi connectivity index (χ4n) is 5.23. The third-order valence-electron chi connectivity index (χ3n) is 7.08. The molecule has 1 aliphatic carbocycles. The second-order valence-corrected chi connectivity index (χ2v) is 9.13. The molecule has 6 rings (SSSR count). The molecule has 0 saturated carbocycles. The first-order chi connectivity index (χ1) is 17.6. The first-order valence-corrected chi connectivity index (χ1v) is 12.1. The number of benzene rings is 1. The van der Waals surface area contributed by atoms with Gasteiger partial charge in [-0.1, -0.05) is 18.2 Å². The number of nitrogens with two attached hydrogens (primary N) is 1. The lowest BCUT2D eigenvalue weighted by molar-refractivity contribution is 0.0521. The molecule has 9 heteroatoms. The molecule has 1 atom stereocenters. The Morgan fingerprint density at radius 3 is 2.58 bits per heavy atom. The zero-order valence-corrected chi connectivity index (χ0v) is 20.1. The maximum absolute atomic E-state index is 10.1. The predicted octanol–water partition coefficient (Wildman–Crippen LogP) is 3.22. The minimum atomic E-state index is -0.371. The molecule has 0 spiro atoms. The summed E-state index contributed by atoms with van der Waals surface area (Å²) in [6, 6.07) is 10.4. The average Bonchev–Trinajstić information content (AvgIpc) is 3.57. The summed E-state index contributed by atoms with van der Waals surface area (Å²) in [5.41, 5.74) is 12.8. The number of morpholine rings is 1. The van der Waals surface area contributed by atoms with Crippen molar-refractivity contribution in [2.45, 2.75) is 18.8 Å². The van der Waals surface area contributed by atoms with E-state index in [1.807, 2.05) is 42.1 Å². The smallest absolute Gasteiger partial charge is 0.224 e. The van der Waals surface area contributed by atoms with Crippen LogP contribution in [0.5, 0.6) is 5.88 Å². The van der Waals surface area contributed by atoms with E-state index in [4.69, 9.17) is 20.3 Å². The molecule has 182 valence electrons. The minimum absolute atomic E-state index is 0.121. The second-order valence-electron chi connectivity index (χ2n) is 9.13. The molecular weight excluding hydrogens is 454 g/mol. The average molecular weight is 482 g/mol. The van der Waals surface area contributed by atoms with E-state index in [0.717, 1.165) is 67.2 Å². The van der Waals surface area contributed by atoms with Crippen LogP contribution in [0, 0.1) is 11.3 Å². The lowest BCUT2D eigenvalue weighted by Crippen LogP contribution is -2.35. The molecule has 36 heavy (non-hydrogen) atoms. The van der Waals surface area contributed by atoms with Crippen molar-refractivity contribution in [3.05, 3.63) is 89.1 Å². The Bertz CT molecular complexity index is 1420. The molecular formula is C27H27N7O2. The first-order valence-electron chi connectivity index (χ1n) is 12.1. The zero-order chi connectivity index (χ0) is 24.6. The van der Waals surface area contributed by atoms with E-state index < -0.39 is 0 Å². The third-order valence-corrected chi connectivity index (χ3v) is 7.08. The number of nitrogens with zero attached hydrogens (tertiary/aromatic N) is 6. The van der Waals surface area contributed by atoms with Gasteiger partial charge >= 0.3 is 0 Å². The molecule has 0 amide bonds. The number of fused-ring (bicyclic) bond motifs is 1. The van der Waals surface area contributed by atoms with Gasteiger partial charge in [-0.3, -0.25) is 0 Å². The monoisotopic (exact) mass is 481 g/mol. The van der Waals surface area contributed by atoms with Crippen LogP contribution in [0.4, 0.5) is 0 Å². The molecule has 3 aromatic rings. The van der Waals surface area contributed by atoms with Crippen molar-refractivity contribution in [2.24, 2.45) is 12.8 Å². The van der Waals surface area contributed by atoms with Gasteiger partial charge in [0.2, 0.25) is 11.8 Å². The summed E-state index contributed by atoms with van der Waals surface area (Å²) in [7, 11) is 1.85. The number of rotatable bonds is 4. The first kappa shape index (κ1) is 22.2. The van der Waals surface area contributed by atoms with Crippen molar-refractivity contribution in [2.75, 3.05) is 26.3 Å². The number of allylic oxidation sites excluding steroid dienone is 5. The van der Waals surface area contributed by atoms with Gasteiger partial charge in [0.25, 0.3) is 0 Å². The van der Waals surface area contributed by atoms with Crippen LogP contribution in [-0.2, 0) is 11.8 Å². The maximum atomic E-state index is 10.1. The molecule has 2 aliphatic heterocycles. The van der Waals surface area contributed by atoms with Crippen molar-refractivity contribution in [3.63, 3.8) is 0 Å². The Morgan fingerprint density at radius 2 is 1.92 bits per heavy atom. The highest BCUT2D eigenvalue weighted by Crippen LogP contribution is 2.46. The van der Waals surface area contributed by atoms with Gasteiger partial charge in [0.1, 0.15) is 11.6 Å². The summed E-state index contributed by atoms with van der Waals surface area (Å²) >= 11 is 0. The molecule has 4 heterocycles. The van der Waals surface area contributed by atoms with E-state index in [-0.39, 0.29) is 11.8 Å². The molecule has 1 saturated heterocycles. The van der Waals surface area contributed by atoms with Crippen molar-refractivity contribution in [1.29, 1.82) is 5.26 Å². The van der Waals surface area contributed by atoms with Gasteiger partial charge in [-0.2, -0.15) is 10.4 Å². The molecule has 3 aliphatic rings. The van der Waals surface area contributed by atoms with Gasteiger partial charge in [0, 0.05) is 43.9 Å². The van der Waals surface area contributed by atoms with Crippen LogP contribution >= 0.6 is 0 Å². The van der Waals surface area contributed by atoms with Crippen LogP contribution < -0.4 is 10.5 Å². The molecule has 1 aromatic carbocycles. The molecule has 0 radical (unpaired) electrons. The van der Waals surface area contributed by atoms with Gasteiger partial charge in [0.05, 0.1) is 36.7 Å². The number of hydrogen-bond donors (Lipinski definition) is 1. The zero-order valence-electron chi connectivity index (χ0n) is 20.1. The molecule has 0 bridgehead atoms. The highest BCUT2D eigenvalue weighted by molar-refractivity contribution is 5.73. The van der Waals surface area contributed by atoms with Crippen LogP contribution in [0.15, 0.2) is 72.3 Å². The Labute approximate surface area is 209 Å². The van der Waals surface area contributed by atoms with Crippen molar-refractivity contribution < 1.29 is 9.47 Å². The minimum Gasteiger partial charge on any atom is -0.422 e. The fraction of sp³-hybridized carbons (Fsp3) is 0.296. The SMILES string of the molecule is Cn1nc(C2=CC=C(N3CCOCC3)CC2)c2c1OC(N)=C(C#N)C2c1ccc(-n2ccnc2)cc1. The molecule has 9 nitrogen and oxygen atoms in total. The van der Waals surface area contributed by atoms with Crippen LogP contribution in [0.2, 0.25) is 0 Å². The largest absolute Gasteiger partial charge is 0.422 e. The Hall–Kier alpha value is -4.29. The molecule has 2 aromatic heterocycles. The number of aryl methyl sites for hydroxylation is 1. The van der Waals surface area contributed by atoms with Gasteiger partial charge in [-0.05, 0) is 42.2 Å². The standard InChI is InChI=1S/C27H27N7O2/c1-32-27-24(25(31-32)19-4-8-20(9-5-19)33-12-14-35-15-13-33)23(22(16-28)26(29)36-27)18-2-6-21(7-3-18)34-11-10-30-17-34/h2-4,6-8,10-11,17,23H,5,9,12-15,29H2,1H3. The van der Waals surface area contributed by atoms with Gasteiger partial charge in [0.15, 0.2) is 0 Å². The summed E-state index contributed by atoms with van der Waals surface area (Å²) in [6.45, 7) is 3.39. The molecule has 2 N–H and O–H groups in total. The van der Waals surface area contributed by atoms with Crippen LogP contribution in [0.1, 0.15) is 35.6 Å². The number of imidazole rings is 1. The topological polar surface area (TPSA) is 107 Å². The Morgan fingerprint density at radius 1 is 1.11 bits per heavy atom. The summed E-state index contributed by atoms with van der Waals surface area (Å²) in [5, 5.41) is 14.9. The second kappa shape index (κ2) is 9.06. The molecule has 1 unspecified atom stereocenters. The quantitative estimate of drug-likeness (QED) is 0.610.